The lowest BCUT2D eigenvalue weighted by Gasteiger charge is -1.99. The molecule has 2 N–H and O–H groups in total. The lowest BCUT2D eigenvalue weighted by Crippen LogP contribution is -2.16. The molecule has 0 spiro atoms. The predicted octanol–water partition coefficient (Wildman–Crippen LogP) is 1.62. The minimum Gasteiger partial charge on any atom is -0.341 e. The van der Waals surface area contributed by atoms with Crippen LogP contribution in [0.25, 0.3) is 11.3 Å². The van der Waals surface area contributed by atoms with Crippen molar-refractivity contribution in [1.29, 1.82) is 0 Å². The Morgan fingerprint density at radius 2 is 2.33 bits per heavy atom. The lowest BCUT2D eigenvalue weighted by molar-refractivity contribution is 0.623. The standard InChI is InChI=1S/C13H19N5/c1-9-11(8-18(2)17-9)12-6-15-13(16-12)7-14-5-10-3-4-10/h6,8,10,14H,3-5,7H2,1-2H3,(H,15,16). The highest BCUT2D eigenvalue weighted by atomic mass is 15.2. The largest absolute Gasteiger partial charge is 0.341 e. The van der Waals surface area contributed by atoms with Crippen LogP contribution >= 0.6 is 0 Å². The fourth-order valence-corrected chi connectivity index (χ4v) is 2.17. The van der Waals surface area contributed by atoms with Gasteiger partial charge in [-0.3, -0.25) is 4.68 Å². The third-order valence-corrected chi connectivity index (χ3v) is 3.35. The van der Waals surface area contributed by atoms with Crippen LogP contribution in [-0.4, -0.2) is 26.3 Å². The number of hydrogen-bond donors (Lipinski definition) is 2. The summed E-state index contributed by atoms with van der Waals surface area (Å²) in [7, 11) is 1.94. The molecule has 0 saturated heterocycles. The minimum atomic E-state index is 0.815. The quantitative estimate of drug-likeness (QED) is 0.841. The average molecular weight is 245 g/mol. The van der Waals surface area contributed by atoms with Gasteiger partial charge < -0.3 is 10.3 Å². The molecule has 2 aromatic heterocycles. The van der Waals surface area contributed by atoms with Gasteiger partial charge in [0.05, 0.1) is 24.1 Å². The van der Waals surface area contributed by atoms with Gasteiger partial charge in [0.2, 0.25) is 0 Å². The summed E-state index contributed by atoms with van der Waals surface area (Å²) < 4.78 is 1.83. The highest BCUT2D eigenvalue weighted by Crippen LogP contribution is 2.27. The molecular formula is C13H19N5. The average Bonchev–Trinajstić information content (AvgIpc) is 2.92. The molecule has 0 aliphatic heterocycles. The van der Waals surface area contributed by atoms with E-state index in [1.807, 2.05) is 31.0 Å². The van der Waals surface area contributed by atoms with Gasteiger partial charge in [-0.05, 0) is 32.2 Å². The van der Waals surface area contributed by atoms with E-state index in [4.69, 9.17) is 0 Å². The second-order valence-electron chi connectivity index (χ2n) is 5.12. The van der Waals surface area contributed by atoms with Crippen LogP contribution < -0.4 is 5.32 Å². The monoisotopic (exact) mass is 245 g/mol. The molecule has 1 saturated carbocycles. The van der Waals surface area contributed by atoms with Crippen LogP contribution in [0.1, 0.15) is 24.4 Å². The zero-order valence-corrected chi connectivity index (χ0v) is 10.9. The maximum Gasteiger partial charge on any atom is 0.120 e. The third kappa shape index (κ3) is 2.46. The van der Waals surface area contributed by atoms with E-state index in [2.05, 4.69) is 20.4 Å². The van der Waals surface area contributed by atoms with Gasteiger partial charge in [0.15, 0.2) is 0 Å². The van der Waals surface area contributed by atoms with Gasteiger partial charge in [0.1, 0.15) is 5.82 Å². The van der Waals surface area contributed by atoms with Crippen molar-refractivity contribution in [3.63, 3.8) is 0 Å². The molecule has 5 heteroatoms. The van der Waals surface area contributed by atoms with E-state index in [1.165, 1.54) is 12.8 Å². The molecule has 1 aliphatic rings. The fourth-order valence-electron chi connectivity index (χ4n) is 2.17. The van der Waals surface area contributed by atoms with Crippen molar-refractivity contribution in [3.8, 4) is 11.3 Å². The van der Waals surface area contributed by atoms with E-state index in [0.29, 0.717) is 0 Å². The normalized spacial score (nSPS) is 15.2. The number of hydrogen-bond acceptors (Lipinski definition) is 3. The van der Waals surface area contributed by atoms with Crippen LogP contribution in [0.5, 0.6) is 0 Å². The van der Waals surface area contributed by atoms with Crippen LogP contribution in [0.2, 0.25) is 0 Å². The van der Waals surface area contributed by atoms with Crippen molar-refractivity contribution in [2.45, 2.75) is 26.3 Å². The summed E-state index contributed by atoms with van der Waals surface area (Å²) in [5, 5.41) is 7.78. The SMILES string of the molecule is Cc1nn(C)cc1-c1cnc(CNCC2CC2)[nH]1. The number of aromatic nitrogens is 4. The van der Waals surface area contributed by atoms with Gasteiger partial charge in [0.25, 0.3) is 0 Å². The Labute approximate surface area is 107 Å². The molecule has 3 rings (SSSR count). The molecule has 1 aliphatic carbocycles. The zero-order chi connectivity index (χ0) is 12.5. The molecule has 0 atom stereocenters. The molecule has 0 bridgehead atoms. The first kappa shape index (κ1) is 11.5. The lowest BCUT2D eigenvalue weighted by atomic mass is 10.2. The van der Waals surface area contributed by atoms with Crippen LogP contribution in [0.4, 0.5) is 0 Å². The summed E-state index contributed by atoms with van der Waals surface area (Å²) >= 11 is 0. The number of H-pyrrole nitrogens is 1. The Balaban J connectivity index is 1.66. The Kier molecular flexibility index (Phi) is 2.91. The minimum absolute atomic E-state index is 0.815. The molecular weight excluding hydrogens is 226 g/mol. The summed E-state index contributed by atoms with van der Waals surface area (Å²) in [6.45, 7) is 3.94. The summed E-state index contributed by atoms with van der Waals surface area (Å²) in [5.74, 6) is 1.90. The maximum atomic E-state index is 4.41. The first-order valence-corrected chi connectivity index (χ1v) is 6.47. The molecule has 0 radical (unpaired) electrons. The van der Waals surface area contributed by atoms with Gasteiger partial charge >= 0.3 is 0 Å². The Morgan fingerprint density at radius 1 is 1.50 bits per heavy atom. The zero-order valence-electron chi connectivity index (χ0n) is 10.9. The highest BCUT2D eigenvalue weighted by Gasteiger charge is 2.20. The number of nitrogens with zero attached hydrogens (tertiary/aromatic N) is 3. The predicted molar refractivity (Wildman–Crippen MR) is 70.0 cm³/mol. The van der Waals surface area contributed by atoms with Crippen molar-refractivity contribution < 1.29 is 0 Å². The van der Waals surface area contributed by atoms with E-state index in [-0.39, 0.29) is 0 Å². The van der Waals surface area contributed by atoms with Crippen molar-refractivity contribution >= 4 is 0 Å². The van der Waals surface area contributed by atoms with E-state index in [0.717, 1.165) is 41.8 Å². The van der Waals surface area contributed by atoms with Crippen LogP contribution in [0.15, 0.2) is 12.4 Å². The number of rotatable bonds is 5. The second-order valence-corrected chi connectivity index (χ2v) is 5.12. The van der Waals surface area contributed by atoms with Crippen LogP contribution in [0.3, 0.4) is 0 Å². The summed E-state index contributed by atoms with van der Waals surface area (Å²) in [6, 6.07) is 0. The van der Waals surface area contributed by atoms with Gasteiger partial charge in [-0.25, -0.2) is 4.98 Å². The highest BCUT2D eigenvalue weighted by molar-refractivity contribution is 5.60. The third-order valence-electron chi connectivity index (χ3n) is 3.35. The topological polar surface area (TPSA) is 58.5 Å². The van der Waals surface area contributed by atoms with Gasteiger partial charge in [-0.2, -0.15) is 5.10 Å². The smallest absolute Gasteiger partial charge is 0.120 e. The molecule has 96 valence electrons. The number of aromatic amines is 1. The number of aryl methyl sites for hydroxylation is 2. The van der Waals surface area contributed by atoms with E-state index < -0.39 is 0 Å². The van der Waals surface area contributed by atoms with Gasteiger partial charge in [0, 0.05) is 18.8 Å². The van der Waals surface area contributed by atoms with Crippen LogP contribution in [-0.2, 0) is 13.6 Å². The molecule has 5 nitrogen and oxygen atoms in total. The fraction of sp³-hybridized carbons (Fsp3) is 0.538. The molecule has 0 unspecified atom stereocenters. The van der Waals surface area contributed by atoms with Gasteiger partial charge in [-0.15, -0.1) is 0 Å². The molecule has 0 amide bonds. The Morgan fingerprint density at radius 3 is 3.00 bits per heavy atom. The Bertz CT molecular complexity index is 535. The van der Waals surface area contributed by atoms with E-state index in [1.54, 1.807) is 0 Å². The van der Waals surface area contributed by atoms with Crippen LogP contribution in [0, 0.1) is 12.8 Å². The molecule has 18 heavy (non-hydrogen) atoms. The molecule has 2 aromatic rings. The molecule has 1 fully saturated rings. The summed E-state index contributed by atoms with van der Waals surface area (Å²) in [4.78, 5) is 7.76. The van der Waals surface area contributed by atoms with Crippen molar-refractivity contribution in [1.82, 2.24) is 25.1 Å². The second kappa shape index (κ2) is 4.57. The van der Waals surface area contributed by atoms with Crippen molar-refractivity contribution in [2.24, 2.45) is 13.0 Å². The molecule has 0 aromatic carbocycles. The molecule has 2 heterocycles. The number of imidazole rings is 1. The van der Waals surface area contributed by atoms with E-state index >= 15 is 0 Å². The first-order chi connectivity index (χ1) is 8.72. The maximum absolute atomic E-state index is 4.41. The Hall–Kier alpha value is -1.62. The first-order valence-electron chi connectivity index (χ1n) is 6.47. The summed E-state index contributed by atoms with van der Waals surface area (Å²) in [5.41, 5.74) is 3.20. The van der Waals surface area contributed by atoms with E-state index in [9.17, 15) is 0 Å². The van der Waals surface area contributed by atoms with Crippen molar-refractivity contribution in [2.75, 3.05) is 6.54 Å². The van der Waals surface area contributed by atoms with Crippen molar-refractivity contribution in [3.05, 3.63) is 23.9 Å². The van der Waals surface area contributed by atoms with Gasteiger partial charge in [-0.1, -0.05) is 0 Å². The summed E-state index contributed by atoms with van der Waals surface area (Å²) in [6.07, 6.45) is 6.67. The number of nitrogens with one attached hydrogen (secondary N) is 2.